The van der Waals surface area contributed by atoms with E-state index in [-0.39, 0.29) is 22.9 Å². The molecule has 1 saturated heterocycles. The predicted molar refractivity (Wildman–Crippen MR) is 140 cm³/mol. The van der Waals surface area contributed by atoms with Gasteiger partial charge in [-0.15, -0.1) is 0 Å². The Hall–Kier alpha value is -3.98. The number of carbonyl (C=O) groups excluding carboxylic acids is 1. The number of ether oxygens (including phenoxy) is 2. The molecule has 0 saturated carbocycles. The Labute approximate surface area is 226 Å². The first-order valence-corrected chi connectivity index (χ1v) is 13.6. The van der Waals surface area contributed by atoms with Gasteiger partial charge in [-0.3, -0.25) is 23.7 Å². The van der Waals surface area contributed by atoms with Crippen LogP contribution in [0.15, 0.2) is 46.6 Å². The molecule has 2 aromatic heterocycles. The number of para-hydroxylation sites is 1. The minimum absolute atomic E-state index is 0.0235. The number of esters is 1. The van der Waals surface area contributed by atoms with Crippen LogP contribution in [0.4, 0.5) is 5.95 Å². The van der Waals surface area contributed by atoms with E-state index < -0.39 is 62.5 Å². The number of hydrogen-bond acceptors (Lipinski definition) is 12. The summed E-state index contributed by atoms with van der Waals surface area (Å²) in [5.41, 5.74) is 14.1. The molecule has 3 heterocycles. The van der Waals surface area contributed by atoms with Gasteiger partial charge in [-0.2, -0.15) is 10.1 Å². The first-order chi connectivity index (χ1) is 19.0. The summed E-state index contributed by atoms with van der Waals surface area (Å²) in [5.74, 6) is -0.697. The smallest absolute Gasteiger partial charge is 0.459 e. The summed E-state index contributed by atoms with van der Waals surface area (Å²) in [4.78, 5) is 37.7. The third-order valence-corrected chi connectivity index (χ3v) is 7.33. The van der Waals surface area contributed by atoms with Crippen LogP contribution in [0.25, 0.3) is 21.6 Å². The monoisotopic (exact) mass is 577 g/mol. The van der Waals surface area contributed by atoms with Crippen LogP contribution < -0.4 is 20.9 Å². The van der Waals surface area contributed by atoms with Crippen molar-refractivity contribution in [3.8, 4) is 5.75 Å². The summed E-state index contributed by atoms with van der Waals surface area (Å²) in [6, 6.07) is 5.78. The largest absolute Gasteiger partial charge is 0.462 e. The molecule has 1 aliphatic heterocycles. The second-order valence-corrected chi connectivity index (χ2v) is 10.8. The number of azide groups is 1. The summed E-state index contributed by atoms with van der Waals surface area (Å²) in [6.07, 6.45) is -3.03. The van der Waals surface area contributed by atoms with Gasteiger partial charge in [0.25, 0.3) is 5.56 Å². The van der Waals surface area contributed by atoms with E-state index in [9.17, 15) is 19.3 Å². The van der Waals surface area contributed by atoms with Crippen LogP contribution in [0.3, 0.4) is 0 Å². The fourth-order valence-corrected chi connectivity index (χ4v) is 5.42. The first-order valence-electron chi connectivity index (χ1n) is 12.1. The zero-order chi connectivity index (χ0) is 29.0. The van der Waals surface area contributed by atoms with E-state index in [1.54, 1.807) is 32.0 Å². The minimum Gasteiger partial charge on any atom is -0.462 e. The van der Waals surface area contributed by atoms with E-state index >= 15 is 0 Å². The molecule has 6 atom stereocenters. The van der Waals surface area contributed by atoms with Crippen LogP contribution >= 0.6 is 7.75 Å². The molecule has 0 amide bonds. The van der Waals surface area contributed by atoms with Crippen molar-refractivity contribution in [1.82, 2.24) is 24.6 Å². The number of fused-ring (bicyclic) bond motifs is 1. The van der Waals surface area contributed by atoms with Crippen molar-refractivity contribution in [3.63, 3.8) is 0 Å². The normalized spacial score (nSPS) is 22.9. The molecule has 17 nitrogen and oxygen atoms in total. The molecule has 1 aromatic carbocycles. The quantitative estimate of drug-likeness (QED) is 0.0838. The fraction of sp³-hybridized carbons (Fsp3) is 0.455. The van der Waals surface area contributed by atoms with Crippen LogP contribution in [0.5, 0.6) is 5.75 Å². The third-order valence-electron chi connectivity index (χ3n) is 5.68. The molecule has 0 spiro atoms. The highest BCUT2D eigenvalue weighted by Crippen LogP contribution is 2.46. The van der Waals surface area contributed by atoms with Crippen LogP contribution in [-0.4, -0.2) is 67.6 Å². The maximum absolute atomic E-state index is 13.8. The van der Waals surface area contributed by atoms with E-state index in [0.29, 0.717) is 0 Å². The Kier molecular flexibility index (Phi) is 8.73. The lowest BCUT2D eigenvalue weighted by molar-refractivity contribution is -0.149. The maximum atomic E-state index is 13.8. The maximum Gasteiger partial charge on any atom is 0.459 e. The van der Waals surface area contributed by atoms with Crippen LogP contribution in [0.2, 0.25) is 0 Å². The number of nitrogens with one attached hydrogen (secondary N) is 2. The number of aliphatic hydroxyl groups is 1. The number of anilines is 1. The molecule has 1 aliphatic rings. The second kappa shape index (κ2) is 12.0. The van der Waals surface area contributed by atoms with E-state index in [2.05, 4.69) is 30.1 Å². The topological polar surface area (TPSA) is 242 Å². The zero-order valence-electron chi connectivity index (χ0n) is 21.6. The summed E-state index contributed by atoms with van der Waals surface area (Å²) in [7, 11) is -4.28. The molecule has 4 rings (SSSR count). The number of aromatic nitrogens is 4. The molecule has 5 N–H and O–H groups in total. The van der Waals surface area contributed by atoms with Gasteiger partial charge in [0, 0.05) is 4.91 Å². The molecule has 3 aromatic rings. The average molecular weight is 577 g/mol. The number of imidazole rings is 1. The van der Waals surface area contributed by atoms with Gasteiger partial charge in [-0.05, 0) is 38.4 Å². The van der Waals surface area contributed by atoms with Crippen molar-refractivity contribution in [3.05, 3.63) is 57.5 Å². The van der Waals surface area contributed by atoms with Gasteiger partial charge >= 0.3 is 13.7 Å². The number of benzene rings is 1. The highest BCUT2D eigenvalue weighted by Gasteiger charge is 2.46. The number of nitrogen functional groups attached to an aromatic ring is 1. The van der Waals surface area contributed by atoms with Gasteiger partial charge in [-0.25, -0.2) is 9.55 Å². The standard InChI is InChI=1S/C22H28N9O8P/c1-11(2)37-21(34)12(3)29-40(35,39-13-7-5-4-6-8-13)36-9-14-17(32)15(28-30-24)20(38-14)31-10-25-16-18(31)26-22(23)27-19(16)33/h4-8,10-12,14-15,17,20,32H,9H2,1-3H3,(H,29,35)(H3,23,26,27,33)/t12-,14-,15?,17-,20-,40?/m1/s1. The summed E-state index contributed by atoms with van der Waals surface area (Å²) < 4.78 is 37.3. The molecular weight excluding hydrogens is 549 g/mol. The van der Waals surface area contributed by atoms with E-state index in [4.69, 9.17) is 29.8 Å². The van der Waals surface area contributed by atoms with Gasteiger partial charge in [0.1, 0.15) is 30.2 Å². The lowest BCUT2D eigenvalue weighted by atomic mass is 10.1. The first kappa shape index (κ1) is 29.0. The highest BCUT2D eigenvalue weighted by atomic mass is 31.2. The number of rotatable bonds is 11. The summed E-state index contributed by atoms with van der Waals surface area (Å²) in [6.45, 7) is 4.23. The van der Waals surface area contributed by atoms with Crippen molar-refractivity contribution in [2.24, 2.45) is 5.11 Å². The molecule has 2 unspecified atom stereocenters. The number of hydrogen-bond donors (Lipinski definition) is 4. The van der Waals surface area contributed by atoms with Crippen molar-refractivity contribution in [2.45, 2.75) is 57.4 Å². The number of carbonyl (C=O) groups is 1. The minimum atomic E-state index is -4.28. The molecule has 0 bridgehead atoms. The SMILES string of the molecule is CC(C)OC(=O)[C@@H](C)NP(=O)(OC[C@H]1O[C@@H](n2cnc3c(=O)[nH]c(N)nc32)C(N=[N+]=[N-])[C@@H]1O)Oc1ccccc1. The van der Waals surface area contributed by atoms with Gasteiger partial charge in [0.15, 0.2) is 11.2 Å². The van der Waals surface area contributed by atoms with E-state index in [0.717, 1.165) is 0 Å². The second-order valence-electron chi connectivity index (χ2n) is 9.06. The lowest BCUT2D eigenvalue weighted by Gasteiger charge is -2.25. The fourth-order valence-electron chi connectivity index (χ4n) is 3.92. The number of nitrogens with two attached hydrogens (primary N) is 1. The zero-order valence-corrected chi connectivity index (χ0v) is 22.5. The van der Waals surface area contributed by atoms with Gasteiger partial charge in [0.05, 0.1) is 25.1 Å². The number of H-pyrrole nitrogens is 1. The summed E-state index contributed by atoms with van der Waals surface area (Å²) in [5, 5.41) is 17.1. The molecule has 0 radical (unpaired) electrons. The third kappa shape index (κ3) is 6.42. The van der Waals surface area contributed by atoms with E-state index in [1.165, 1.54) is 30.0 Å². The Balaban J connectivity index is 1.58. The van der Waals surface area contributed by atoms with Gasteiger partial charge < -0.3 is 24.8 Å². The molecule has 1 fully saturated rings. The van der Waals surface area contributed by atoms with Gasteiger partial charge in [-0.1, -0.05) is 23.3 Å². The molecule has 18 heteroatoms. The Morgan fingerprint density at radius 2 is 2.10 bits per heavy atom. The molecular formula is C22H28N9O8P. The number of aromatic amines is 1. The Morgan fingerprint density at radius 3 is 2.77 bits per heavy atom. The average Bonchev–Trinajstić information content (AvgIpc) is 3.44. The Bertz CT molecular complexity index is 1510. The van der Waals surface area contributed by atoms with Crippen molar-refractivity contribution >= 4 is 30.8 Å². The van der Waals surface area contributed by atoms with Crippen LogP contribution in [0.1, 0.15) is 27.0 Å². The predicted octanol–water partition coefficient (Wildman–Crippen LogP) is 1.77. The van der Waals surface area contributed by atoms with E-state index in [1.807, 2.05) is 0 Å². The van der Waals surface area contributed by atoms with Crippen molar-refractivity contribution in [2.75, 3.05) is 12.3 Å². The van der Waals surface area contributed by atoms with Crippen LogP contribution in [-0.2, 0) is 23.4 Å². The van der Waals surface area contributed by atoms with Crippen molar-refractivity contribution in [1.29, 1.82) is 0 Å². The summed E-state index contributed by atoms with van der Waals surface area (Å²) >= 11 is 0. The molecule has 40 heavy (non-hydrogen) atoms. The van der Waals surface area contributed by atoms with Crippen LogP contribution in [0, 0.1) is 0 Å². The molecule has 0 aliphatic carbocycles. The van der Waals surface area contributed by atoms with Crippen molar-refractivity contribution < 1.29 is 33.0 Å². The highest BCUT2D eigenvalue weighted by molar-refractivity contribution is 7.52. The number of nitrogens with zero attached hydrogens (tertiary/aromatic N) is 6. The Morgan fingerprint density at radius 1 is 1.38 bits per heavy atom. The lowest BCUT2D eigenvalue weighted by Crippen LogP contribution is -2.37. The van der Waals surface area contributed by atoms with Gasteiger partial charge in [0.2, 0.25) is 5.95 Å². The molecule has 214 valence electrons. The number of aliphatic hydroxyl groups excluding tert-OH is 1.